The first-order valence-electron chi connectivity index (χ1n) is 5.40. The van der Waals surface area contributed by atoms with E-state index in [1.165, 1.54) is 0 Å². The van der Waals surface area contributed by atoms with Crippen molar-refractivity contribution in [1.82, 2.24) is 4.98 Å². The molecule has 0 aliphatic heterocycles. The second-order valence-corrected chi connectivity index (χ2v) is 3.69. The molecule has 0 unspecified atom stereocenters. The number of fused-ring (bicyclic) bond motifs is 1. The van der Waals surface area contributed by atoms with Crippen molar-refractivity contribution in [2.45, 2.75) is 13.8 Å². The van der Waals surface area contributed by atoms with E-state index in [-0.39, 0.29) is 0 Å². The summed E-state index contributed by atoms with van der Waals surface area (Å²) in [5.74, 6) is 0.327. The molecule has 0 atom stereocenters. The number of aromatic nitrogens is 1. The Morgan fingerprint density at radius 3 is 2.88 bits per heavy atom. The molecule has 2 rings (SSSR count). The zero-order valence-electron chi connectivity index (χ0n) is 9.81. The van der Waals surface area contributed by atoms with Crippen LogP contribution >= 0.6 is 0 Å². The first kappa shape index (κ1) is 11.3. The first-order chi connectivity index (χ1) is 8.26. The molecular formula is C14H13NO2. The fourth-order valence-electron chi connectivity index (χ4n) is 1.65. The predicted molar refractivity (Wildman–Crippen MR) is 68.0 cm³/mol. The molecule has 0 amide bonds. The lowest BCUT2D eigenvalue weighted by Crippen LogP contribution is -1.85. The van der Waals surface area contributed by atoms with Gasteiger partial charge in [-0.25, -0.2) is 0 Å². The van der Waals surface area contributed by atoms with Crippen LogP contribution in [-0.2, 0) is 0 Å². The second kappa shape index (κ2) is 4.78. The van der Waals surface area contributed by atoms with Crippen LogP contribution in [0.15, 0.2) is 34.9 Å². The molecule has 0 saturated heterocycles. The van der Waals surface area contributed by atoms with Gasteiger partial charge in [0.2, 0.25) is 0 Å². The lowest BCUT2D eigenvalue weighted by Gasteiger charge is -1.99. The van der Waals surface area contributed by atoms with Crippen LogP contribution in [0.4, 0.5) is 0 Å². The lowest BCUT2D eigenvalue weighted by molar-refractivity contribution is 0.110. The van der Waals surface area contributed by atoms with Crippen LogP contribution in [0.3, 0.4) is 0 Å². The summed E-state index contributed by atoms with van der Waals surface area (Å²) in [6.45, 7) is 3.87. The number of allylic oxidation sites excluding steroid dienone is 3. The van der Waals surface area contributed by atoms with Gasteiger partial charge in [0, 0.05) is 22.8 Å². The number of aldehydes is 1. The van der Waals surface area contributed by atoms with E-state index in [1.54, 1.807) is 12.3 Å². The van der Waals surface area contributed by atoms with Crippen LogP contribution in [0.1, 0.15) is 28.7 Å². The van der Waals surface area contributed by atoms with Crippen molar-refractivity contribution in [3.63, 3.8) is 0 Å². The molecule has 0 radical (unpaired) electrons. The highest BCUT2D eigenvalue weighted by atomic mass is 16.3. The molecule has 0 saturated carbocycles. The minimum atomic E-state index is 0.327. The van der Waals surface area contributed by atoms with Crippen molar-refractivity contribution in [1.29, 1.82) is 0 Å². The fraction of sp³-hybridized carbons (Fsp3) is 0.143. The Balaban J connectivity index is 2.62. The van der Waals surface area contributed by atoms with Gasteiger partial charge in [-0.2, -0.15) is 0 Å². The summed E-state index contributed by atoms with van der Waals surface area (Å²) >= 11 is 0. The standard InChI is InChI=1S/C14H13NO2/c1-3-4-5-6-13-10(2)15-8-11-7-12(9-16)17-14(11)13/h3-9H,1-2H3/b4-3-,6-5-. The molecule has 86 valence electrons. The molecule has 17 heavy (non-hydrogen) atoms. The molecule has 2 heterocycles. The van der Waals surface area contributed by atoms with Gasteiger partial charge in [0.05, 0.1) is 0 Å². The Hall–Kier alpha value is -2.16. The van der Waals surface area contributed by atoms with E-state index in [4.69, 9.17) is 4.42 Å². The number of nitrogens with zero attached hydrogens (tertiary/aromatic N) is 1. The smallest absolute Gasteiger partial charge is 0.185 e. The van der Waals surface area contributed by atoms with Gasteiger partial charge >= 0.3 is 0 Å². The van der Waals surface area contributed by atoms with Crippen molar-refractivity contribution >= 4 is 23.3 Å². The van der Waals surface area contributed by atoms with Gasteiger partial charge in [-0.05, 0) is 26.0 Å². The molecule has 0 spiro atoms. The number of pyridine rings is 1. The van der Waals surface area contributed by atoms with Crippen molar-refractivity contribution in [3.8, 4) is 0 Å². The van der Waals surface area contributed by atoms with E-state index in [0.717, 1.165) is 16.6 Å². The van der Waals surface area contributed by atoms with E-state index in [2.05, 4.69) is 4.98 Å². The number of hydrogen-bond acceptors (Lipinski definition) is 3. The van der Waals surface area contributed by atoms with Gasteiger partial charge < -0.3 is 4.42 Å². The Morgan fingerprint density at radius 1 is 1.35 bits per heavy atom. The van der Waals surface area contributed by atoms with Gasteiger partial charge in [-0.1, -0.05) is 18.2 Å². The minimum absolute atomic E-state index is 0.327. The van der Waals surface area contributed by atoms with E-state index < -0.39 is 0 Å². The van der Waals surface area contributed by atoms with E-state index in [1.807, 2.05) is 38.2 Å². The zero-order valence-corrected chi connectivity index (χ0v) is 9.81. The van der Waals surface area contributed by atoms with Gasteiger partial charge in [0.25, 0.3) is 0 Å². The van der Waals surface area contributed by atoms with Gasteiger partial charge in [-0.15, -0.1) is 0 Å². The molecule has 0 fully saturated rings. The van der Waals surface area contributed by atoms with Crippen LogP contribution in [-0.4, -0.2) is 11.3 Å². The maximum atomic E-state index is 10.7. The largest absolute Gasteiger partial charge is 0.453 e. The first-order valence-corrected chi connectivity index (χ1v) is 5.40. The summed E-state index contributed by atoms with van der Waals surface area (Å²) in [6, 6.07) is 1.70. The van der Waals surface area contributed by atoms with Crippen LogP contribution in [0, 0.1) is 6.92 Å². The van der Waals surface area contributed by atoms with Gasteiger partial charge in [0.1, 0.15) is 5.58 Å². The summed E-state index contributed by atoms with van der Waals surface area (Å²) in [5.41, 5.74) is 2.50. The summed E-state index contributed by atoms with van der Waals surface area (Å²) < 4.78 is 5.48. The summed E-state index contributed by atoms with van der Waals surface area (Å²) in [4.78, 5) is 15.0. The normalized spacial score (nSPS) is 11.9. The average molecular weight is 227 g/mol. The van der Waals surface area contributed by atoms with Gasteiger partial charge in [0.15, 0.2) is 12.0 Å². The van der Waals surface area contributed by atoms with Crippen molar-refractivity contribution in [3.05, 3.63) is 47.5 Å². The Kier molecular flexibility index (Phi) is 3.19. The Labute approximate surface area is 99.5 Å². The lowest BCUT2D eigenvalue weighted by atomic mass is 10.1. The van der Waals surface area contributed by atoms with E-state index >= 15 is 0 Å². The predicted octanol–water partition coefficient (Wildman–Crippen LogP) is 3.54. The Bertz CT molecular complexity index is 606. The molecule has 3 heteroatoms. The third-order valence-electron chi connectivity index (χ3n) is 2.49. The molecule has 0 bridgehead atoms. The molecule has 0 N–H and O–H groups in total. The highest BCUT2D eigenvalue weighted by Gasteiger charge is 2.09. The van der Waals surface area contributed by atoms with E-state index in [0.29, 0.717) is 17.6 Å². The summed E-state index contributed by atoms with van der Waals surface area (Å²) in [6.07, 6.45) is 10.2. The third-order valence-corrected chi connectivity index (χ3v) is 2.49. The maximum absolute atomic E-state index is 10.7. The molecule has 0 aliphatic carbocycles. The SMILES string of the molecule is C/C=C\C=C/c1c(C)ncc2cc(C=O)oc12. The number of aryl methyl sites for hydroxylation is 1. The van der Waals surface area contributed by atoms with Crippen molar-refractivity contribution < 1.29 is 9.21 Å². The minimum Gasteiger partial charge on any atom is -0.453 e. The van der Waals surface area contributed by atoms with Crippen LogP contribution in [0.5, 0.6) is 0 Å². The molecule has 2 aromatic rings. The fourth-order valence-corrected chi connectivity index (χ4v) is 1.65. The van der Waals surface area contributed by atoms with Crippen LogP contribution in [0.2, 0.25) is 0 Å². The van der Waals surface area contributed by atoms with Crippen LogP contribution in [0.25, 0.3) is 17.0 Å². The highest BCUT2D eigenvalue weighted by Crippen LogP contribution is 2.24. The van der Waals surface area contributed by atoms with E-state index in [9.17, 15) is 4.79 Å². The van der Waals surface area contributed by atoms with Crippen molar-refractivity contribution in [2.75, 3.05) is 0 Å². The third kappa shape index (κ3) is 2.18. The average Bonchev–Trinajstić information content (AvgIpc) is 2.75. The summed E-state index contributed by atoms with van der Waals surface area (Å²) in [5, 5.41) is 0.845. The molecule has 2 aromatic heterocycles. The molecule has 3 nitrogen and oxygen atoms in total. The zero-order chi connectivity index (χ0) is 12.3. The number of furan rings is 1. The number of carbonyl (C=O) groups is 1. The quantitative estimate of drug-likeness (QED) is 0.595. The van der Waals surface area contributed by atoms with Crippen molar-refractivity contribution in [2.24, 2.45) is 0 Å². The summed E-state index contributed by atoms with van der Waals surface area (Å²) in [7, 11) is 0. The second-order valence-electron chi connectivity index (χ2n) is 3.69. The highest BCUT2D eigenvalue weighted by molar-refractivity contribution is 5.90. The Morgan fingerprint density at radius 2 is 2.18 bits per heavy atom. The number of hydrogen-bond donors (Lipinski definition) is 0. The molecule has 0 aromatic carbocycles. The number of rotatable bonds is 3. The van der Waals surface area contributed by atoms with Crippen LogP contribution < -0.4 is 0 Å². The monoisotopic (exact) mass is 227 g/mol. The maximum Gasteiger partial charge on any atom is 0.185 e. The molecular weight excluding hydrogens is 214 g/mol. The molecule has 0 aliphatic rings. The van der Waals surface area contributed by atoms with Gasteiger partial charge in [-0.3, -0.25) is 9.78 Å². The topological polar surface area (TPSA) is 43.1 Å². The number of carbonyl (C=O) groups excluding carboxylic acids is 1.